The molecule has 0 fully saturated rings. The lowest BCUT2D eigenvalue weighted by atomic mass is 10.1. The van der Waals surface area contributed by atoms with Gasteiger partial charge in [0.05, 0.1) is 24.3 Å². The van der Waals surface area contributed by atoms with Gasteiger partial charge in [0.2, 0.25) is 0 Å². The van der Waals surface area contributed by atoms with Crippen molar-refractivity contribution in [2.24, 2.45) is 4.99 Å². The Labute approximate surface area is 172 Å². The number of nitrogens with zero attached hydrogens (tertiary/aromatic N) is 2. The number of hydrogen-bond acceptors (Lipinski definition) is 5. The van der Waals surface area contributed by atoms with Gasteiger partial charge < -0.3 is 20.1 Å². The second-order valence-corrected chi connectivity index (χ2v) is 6.66. The fraction of sp³-hybridized carbons (Fsp3) is 0.571. The van der Waals surface area contributed by atoms with Gasteiger partial charge in [-0.05, 0) is 38.3 Å². The van der Waals surface area contributed by atoms with E-state index in [-0.39, 0.29) is 11.8 Å². The third-order valence-electron chi connectivity index (χ3n) is 4.47. The number of imide groups is 1. The summed E-state index contributed by atoms with van der Waals surface area (Å²) in [7, 11) is 1.65. The van der Waals surface area contributed by atoms with Crippen molar-refractivity contribution in [1.82, 2.24) is 15.5 Å². The van der Waals surface area contributed by atoms with Gasteiger partial charge in [0.25, 0.3) is 11.8 Å². The van der Waals surface area contributed by atoms with Crippen molar-refractivity contribution in [3.05, 3.63) is 35.4 Å². The number of benzene rings is 1. The van der Waals surface area contributed by atoms with E-state index in [1.165, 1.54) is 4.90 Å². The van der Waals surface area contributed by atoms with Crippen LogP contribution in [0.1, 0.15) is 46.9 Å². The molecular formula is C21H32N4O4. The Morgan fingerprint density at radius 3 is 2.38 bits per heavy atom. The van der Waals surface area contributed by atoms with Gasteiger partial charge >= 0.3 is 0 Å². The molecule has 0 unspecified atom stereocenters. The number of carbonyl (C=O) groups excluding carboxylic acids is 2. The summed E-state index contributed by atoms with van der Waals surface area (Å²) in [5, 5.41) is 6.50. The Hall–Kier alpha value is -2.45. The third-order valence-corrected chi connectivity index (χ3v) is 4.47. The number of carbonyl (C=O) groups is 2. The number of amides is 2. The van der Waals surface area contributed by atoms with Crippen LogP contribution < -0.4 is 10.6 Å². The molecule has 1 aromatic rings. The topological polar surface area (TPSA) is 92.3 Å². The first-order chi connectivity index (χ1) is 14.2. The first-order valence-electron chi connectivity index (χ1n) is 10.2. The maximum Gasteiger partial charge on any atom is 0.261 e. The lowest BCUT2D eigenvalue weighted by Gasteiger charge is -2.14. The SMILES string of the molecule is CCNC(=NCCCOCCOC)NCCCCN1C(=O)c2ccccc2C1=O. The van der Waals surface area contributed by atoms with E-state index in [9.17, 15) is 9.59 Å². The highest BCUT2D eigenvalue weighted by atomic mass is 16.5. The Balaban J connectivity index is 1.64. The lowest BCUT2D eigenvalue weighted by molar-refractivity contribution is 0.0651. The first kappa shape index (κ1) is 22.8. The molecule has 2 rings (SSSR count). The lowest BCUT2D eigenvalue weighted by Crippen LogP contribution is -2.38. The van der Waals surface area contributed by atoms with Crippen LogP contribution in [0.15, 0.2) is 29.3 Å². The number of methoxy groups -OCH3 is 1. The molecule has 1 heterocycles. The molecule has 8 nitrogen and oxygen atoms in total. The molecule has 0 saturated carbocycles. The summed E-state index contributed by atoms with van der Waals surface area (Å²) in [5.41, 5.74) is 1.01. The van der Waals surface area contributed by atoms with E-state index in [4.69, 9.17) is 9.47 Å². The van der Waals surface area contributed by atoms with Crippen LogP contribution in [0.4, 0.5) is 0 Å². The van der Waals surface area contributed by atoms with E-state index >= 15 is 0 Å². The Kier molecular flexibility index (Phi) is 10.2. The van der Waals surface area contributed by atoms with Crippen molar-refractivity contribution in [3.63, 3.8) is 0 Å². The molecule has 0 aromatic heterocycles. The van der Waals surface area contributed by atoms with E-state index in [2.05, 4.69) is 15.6 Å². The number of unbranched alkanes of at least 4 members (excludes halogenated alkanes) is 1. The molecule has 8 heteroatoms. The van der Waals surface area contributed by atoms with Crippen LogP contribution in [-0.2, 0) is 9.47 Å². The van der Waals surface area contributed by atoms with Crippen LogP contribution in [0, 0.1) is 0 Å². The van der Waals surface area contributed by atoms with Crippen molar-refractivity contribution in [3.8, 4) is 0 Å². The normalized spacial score (nSPS) is 13.7. The van der Waals surface area contributed by atoms with E-state index in [0.717, 1.165) is 38.3 Å². The highest BCUT2D eigenvalue weighted by molar-refractivity contribution is 6.21. The molecule has 1 aromatic carbocycles. The quantitative estimate of drug-likeness (QED) is 0.225. The molecule has 29 heavy (non-hydrogen) atoms. The highest BCUT2D eigenvalue weighted by Gasteiger charge is 2.34. The number of hydrogen-bond donors (Lipinski definition) is 2. The van der Waals surface area contributed by atoms with Crippen molar-refractivity contribution >= 4 is 17.8 Å². The highest BCUT2D eigenvalue weighted by Crippen LogP contribution is 2.22. The number of rotatable bonds is 13. The molecule has 2 N–H and O–H groups in total. The smallest absolute Gasteiger partial charge is 0.261 e. The van der Waals surface area contributed by atoms with Gasteiger partial charge in [-0.2, -0.15) is 0 Å². The van der Waals surface area contributed by atoms with Crippen LogP contribution >= 0.6 is 0 Å². The van der Waals surface area contributed by atoms with Crippen LogP contribution in [-0.4, -0.2) is 75.8 Å². The molecular weight excluding hydrogens is 372 g/mol. The van der Waals surface area contributed by atoms with Gasteiger partial charge in [-0.1, -0.05) is 12.1 Å². The van der Waals surface area contributed by atoms with E-state index in [0.29, 0.717) is 44.0 Å². The second kappa shape index (κ2) is 12.9. The summed E-state index contributed by atoms with van der Waals surface area (Å²) < 4.78 is 10.4. The third kappa shape index (κ3) is 7.14. The summed E-state index contributed by atoms with van der Waals surface area (Å²) in [4.78, 5) is 30.5. The minimum absolute atomic E-state index is 0.193. The van der Waals surface area contributed by atoms with E-state index in [1.54, 1.807) is 31.4 Å². The molecule has 160 valence electrons. The zero-order chi connectivity index (χ0) is 20.9. The van der Waals surface area contributed by atoms with Gasteiger partial charge in [0.1, 0.15) is 0 Å². The van der Waals surface area contributed by atoms with Gasteiger partial charge in [-0.25, -0.2) is 0 Å². The second-order valence-electron chi connectivity index (χ2n) is 6.66. The molecule has 1 aliphatic heterocycles. The minimum Gasteiger partial charge on any atom is -0.382 e. The fourth-order valence-corrected chi connectivity index (χ4v) is 2.99. The van der Waals surface area contributed by atoms with Gasteiger partial charge in [0.15, 0.2) is 5.96 Å². The van der Waals surface area contributed by atoms with E-state index in [1.807, 2.05) is 6.92 Å². The standard InChI is InChI=1S/C21H32N4O4/c1-3-22-21(24-12-8-14-29-16-15-28-2)23-11-6-7-13-25-19(26)17-9-4-5-10-18(17)20(25)27/h4-5,9-10H,3,6-8,11-16H2,1-2H3,(H2,22,23,24). The first-order valence-corrected chi connectivity index (χ1v) is 10.2. The van der Waals surface area contributed by atoms with Crippen molar-refractivity contribution in [1.29, 1.82) is 0 Å². The largest absolute Gasteiger partial charge is 0.382 e. The van der Waals surface area contributed by atoms with Crippen molar-refractivity contribution in [2.75, 3.05) is 53.1 Å². The van der Waals surface area contributed by atoms with Crippen molar-refractivity contribution < 1.29 is 19.1 Å². The maximum absolute atomic E-state index is 12.3. The molecule has 0 bridgehead atoms. The zero-order valence-corrected chi connectivity index (χ0v) is 17.4. The molecule has 0 saturated heterocycles. The predicted molar refractivity (Wildman–Crippen MR) is 112 cm³/mol. The predicted octanol–water partition coefficient (Wildman–Crippen LogP) is 1.67. The number of guanidine groups is 1. The van der Waals surface area contributed by atoms with Crippen LogP contribution in [0.3, 0.4) is 0 Å². The Morgan fingerprint density at radius 1 is 1.00 bits per heavy atom. The number of fused-ring (bicyclic) bond motifs is 1. The van der Waals surface area contributed by atoms with Gasteiger partial charge in [-0.3, -0.25) is 19.5 Å². The average molecular weight is 405 g/mol. The Bertz CT molecular complexity index is 658. The summed E-state index contributed by atoms with van der Waals surface area (Å²) in [5.74, 6) is 0.382. The van der Waals surface area contributed by atoms with Crippen molar-refractivity contribution in [2.45, 2.75) is 26.2 Å². The molecule has 0 aliphatic carbocycles. The maximum atomic E-state index is 12.3. The van der Waals surface area contributed by atoms with Crippen LogP contribution in [0.2, 0.25) is 0 Å². The number of aliphatic imine (C=N–C) groups is 1. The molecule has 0 atom stereocenters. The summed E-state index contributed by atoms with van der Waals surface area (Å²) in [6.07, 6.45) is 2.42. The van der Waals surface area contributed by atoms with Gasteiger partial charge in [-0.15, -0.1) is 0 Å². The Morgan fingerprint density at radius 2 is 1.72 bits per heavy atom. The number of nitrogens with one attached hydrogen (secondary N) is 2. The molecule has 2 amide bonds. The molecule has 1 aliphatic rings. The molecule has 0 radical (unpaired) electrons. The average Bonchev–Trinajstić information content (AvgIpc) is 2.97. The van der Waals surface area contributed by atoms with Crippen LogP contribution in [0.5, 0.6) is 0 Å². The zero-order valence-electron chi connectivity index (χ0n) is 17.4. The summed E-state index contributed by atoms with van der Waals surface area (Å²) >= 11 is 0. The van der Waals surface area contributed by atoms with E-state index < -0.39 is 0 Å². The summed E-state index contributed by atoms with van der Waals surface area (Å²) in [6.45, 7) is 6.50. The molecule has 0 spiro atoms. The summed E-state index contributed by atoms with van der Waals surface area (Å²) in [6, 6.07) is 6.98. The van der Waals surface area contributed by atoms with Crippen LogP contribution in [0.25, 0.3) is 0 Å². The fourth-order valence-electron chi connectivity index (χ4n) is 2.99. The minimum atomic E-state index is -0.193. The van der Waals surface area contributed by atoms with Gasteiger partial charge in [0, 0.05) is 39.9 Å². The monoisotopic (exact) mass is 404 g/mol. The number of ether oxygens (including phenoxy) is 2.